The van der Waals surface area contributed by atoms with Crippen LogP contribution in [0.1, 0.15) is 96.8 Å². The second-order valence-corrected chi connectivity index (χ2v) is 9.23. The summed E-state index contributed by atoms with van der Waals surface area (Å²) in [5.74, 6) is 0. The maximum atomic E-state index is 10.3. The molecule has 1 saturated heterocycles. The Labute approximate surface area is 195 Å². The number of aliphatic hydroxyl groups is 4. The standard InChI is InChI=1S/C25H50O7/c1-2-3-4-5-6-7-8-9-10-11-12-13-14-15-16-30-20-23(28)25(24(29)22(27)17-26)32-19-21-18-31-21/h21-29H,2-20H2,1H3/t21?,22-,23+,24-,25-/m1/s1. The average Bonchev–Trinajstić information content (AvgIpc) is 3.62. The second kappa shape index (κ2) is 20.1. The third kappa shape index (κ3) is 15.5. The van der Waals surface area contributed by atoms with Crippen LogP contribution in [0.2, 0.25) is 0 Å². The van der Waals surface area contributed by atoms with Crippen LogP contribution in [0.25, 0.3) is 0 Å². The van der Waals surface area contributed by atoms with Crippen LogP contribution in [0, 0.1) is 0 Å². The molecule has 1 aliphatic rings. The third-order valence-corrected chi connectivity index (χ3v) is 6.10. The molecular weight excluding hydrogens is 412 g/mol. The molecule has 0 aromatic heterocycles. The largest absolute Gasteiger partial charge is 0.394 e. The zero-order chi connectivity index (χ0) is 23.4. The number of hydrogen-bond acceptors (Lipinski definition) is 7. The highest BCUT2D eigenvalue weighted by Crippen LogP contribution is 2.16. The molecule has 1 aliphatic heterocycles. The van der Waals surface area contributed by atoms with E-state index in [1.165, 1.54) is 77.0 Å². The van der Waals surface area contributed by atoms with E-state index < -0.39 is 31.0 Å². The van der Waals surface area contributed by atoms with Crippen LogP contribution < -0.4 is 0 Å². The van der Waals surface area contributed by atoms with E-state index in [2.05, 4.69) is 6.92 Å². The van der Waals surface area contributed by atoms with E-state index in [9.17, 15) is 15.3 Å². The maximum Gasteiger partial charge on any atom is 0.114 e. The summed E-state index contributed by atoms with van der Waals surface area (Å²) in [7, 11) is 0. The molecule has 0 aromatic carbocycles. The predicted octanol–water partition coefficient (Wildman–Crippen LogP) is 3.34. The van der Waals surface area contributed by atoms with E-state index in [0.29, 0.717) is 13.2 Å². The van der Waals surface area contributed by atoms with Gasteiger partial charge in [0.2, 0.25) is 0 Å². The van der Waals surface area contributed by atoms with Crippen molar-refractivity contribution in [1.82, 2.24) is 0 Å². The van der Waals surface area contributed by atoms with Gasteiger partial charge in [0.1, 0.15) is 30.5 Å². The van der Waals surface area contributed by atoms with E-state index >= 15 is 0 Å². The monoisotopic (exact) mass is 462 g/mol. The summed E-state index contributed by atoms with van der Waals surface area (Å²) in [6.07, 6.45) is 13.3. The van der Waals surface area contributed by atoms with Crippen molar-refractivity contribution in [1.29, 1.82) is 0 Å². The Bertz CT molecular complexity index is 406. The van der Waals surface area contributed by atoms with Crippen molar-refractivity contribution in [3.8, 4) is 0 Å². The van der Waals surface area contributed by atoms with Crippen LogP contribution >= 0.6 is 0 Å². The molecule has 0 aliphatic carbocycles. The quantitative estimate of drug-likeness (QED) is 0.129. The molecule has 0 spiro atoms. The van der Waals surface area contributed by atoms with Crippen molar-refractivity contribution in [2.45, 2.75) is 127 Å². The molecule has 7 nitrogen and oxygen atoms in total. The fraction of sp³-hybridized carbons (Fsp3) is 1.00. The van der Waals surface area contributed by atoms with Crippen LogP contribution in [0.5, 0.6) is 0 Å². The molecule has 7 heteroatoms. The van der Waals surface area contributed by atoms with Crippen molar-refractivity contribution in [2.75, 3.05) is 33.0 Å². The Kier molecular flexibility index (Phi) is 18.7. The van der Waals surface area contributed by atoms with E-state index in [0.717, 1.165) is 12.8 Å². The lowest BCUT2D eigenvalue weighted by atomic mass is 10.0. The molecule has 1 heterocycles. The minimum absolute atomic E-state index is 0.0177. The van der Waals surface area contributed by atoms with Crippen molar-refractivity contribution < 1.29 is 34.6 Å². The predicted molar refractivity (Wildman–Crippen MR) is 126 cm³/mol. The number of ether oxygens (including phenoxy) is 3. The van der Waals surface area contributed by atoms with Gasteiger partial charge in [-0.05, 0) is 6.42 Å². The van der Waals surface area contributed by atoms with Crippen LogP contribution in [-0.4, -0.2) is 84.0 Å². The number of hydrogen-bond donors (Lipinski definition) is 4. The first-order valence-corrected chi connectivity index (χ1v) is 13.1. The van der Waals surface area contributed by atoms with Gasteiger partial charge >= 0.3 is 0 Å². The summed E-state index contributed by atoms with van der Waals surface area (Å²) in [5.41, 5.74) is 0. The Morgan fingerprint density at radius 2 is 1.28 bits per heavy atom. The van der Waals surface area contributed by atoms with Gasteiger partial charge in [0.25, 0.3) is 0 Å². The summed E-state index contributed by atoms with van der Waals surface area (Å²) < 4.78 is 16.1. The molecule has 0 bridgehead atoms. The first kappa shape index (κ1) is 29.8. The SMILES string of the molecule is CCCCCCCCCCCCCCCCOC[C@H](O)[C@@H](OCC1CO1)[C@H](O)[C@H](O)CO. The summed E-state index contributed by atoms with van der Waals surface area (Å²) in [4.78, 5) is 0. The molecule has 4 N–H and O–H groups in total. The number of rotatable bonds is 24. The van der Waals surface area contributed by atoms with Crippen molar-refractivity contribution in [2.24, 2.45) is 0 Å². The zero-order valence-electron chi connectivity index (χ0n) is 20.3. The smallest absolute Gasteiger partial charge is 0.114 e. The van der Waals surface area contributed by atoms with Gasteiger partial charge in [0.15, 0.2) is 0 Å². The topological polar surface area (TPSA) is 112 Å². The van der Waals surface area contributed by atoms with Gasteiger partial charge in [-0.15, -0.1) is 0 Å². The first-order chi connectivity index (χ1) is 15.6. The van der Waals surface area contributed by atoms with Crippen LogP contribution in [-0.2, 0) is 14.2 Å². The normalized spacial score (nSPS) is 19.6. The molecule has 1 fully saturated rings. The van der Waals surface area contributed by atoms with Crippen molar-refractivity contribution in [3.63, 3.8) is 0 Å². The van der Waals surface area contributed by atoms with Crippen molar-refractivity contribution >= 4 is 0 Å². The lowest BCUT2D eigenvalue weighted by Gasteiger charge is -2.29. The summed E-state index contributed by atoms with van der Waals surface area (Å²) in [5, 5.41) is 39.2. The molecule has 0 radical (unpaired) electrons. The Morgan fingerprint density at radius 3 is 1.75 bits per heavy atom. The summed E-state index contributed by atoms with van der Waals surface area (Å²) in [6, 6.07) is 0. The molecule has 0 aromatic rings. The Morgan fingerprint density at radius 1 is 0.781 bits per heavy atom. The summed E-state index contributed by atoms with van der Waals surface area (Å²) >= 11 is 0. The lowest BCUT2D eigenvalue weighted by molar-refractivity contribution is -0.154. The number of epoxide rings is 1. The first-order valence-electron chi connectivity index (χ1n) is 13.1. The molecule has 1 unspecified atom stereocenters. The van der Waals surface area contributed by atoms with Gasteiger partial charge in [0, 0.05) is 6.61 Å². The molecule has 32 heavy (non-hydrogen) atoms. The maximum absolute atomic E-state index is 10.3. The Balaban J connectivity index is 1.96. The van der Waals surface area contributed by atoms with Gasteiger partial charge in [-0.2, -0.15) is 0 Å². The van der Waals surface area contributed by atoms with E-state index in [-0.39, 0.29) is 19.3 Å². The number of unbranched alkanes of at least 4 members (excludes halogenated alkanes) is 13. The van der Waals surface area contributed by atoms with Gasteiger partial charge in [0.05, 0.1) is 26.4 Å². The third-order valence-electron chi connectivity index (χ3n) is 6.10. The van der Waals surface area contributed by atoms with Crippen LogP contribution in [0.4, 0.5) is 0 Å². The molecule has 0 amide bonds. The van der Waals surface area contributed by atoms with E-state index in [4.69, 9.17) is 19.3 Å². The van der Waals surface area contributed by atoms with Gasteiger partial charge in [-0.1, -0.05) is 90.4 Å². The molecule has 0 saturated carbocycles. The fourth-order valence-corrected chi connectivity index (χ4v) is 3.84. The molecule has 5 atom stereocenters. The highest BCUT2D eigenvalue weighted by atomic mass is 16.6. The van der Waals surface area contributed by atoms with Crippen molar-refractivity contribution in [3.05, 3.63) is 0 Å². The van der Waals surface area contributed by atoms with Gasteiger partial charge in [-0.25, -0.2) is 0 Å². The van der Waals surface area contributed by atoms with Gasteiger partial charge in [-0.3, -0.25) is 0 Å². The Hall–Kier alpha value is -0.280. The highest BCUT2D eigenvalue weighted by Gasteiger charge is 2.35. The van der Waals surface area contributed by atoms with Crippen LogP contribution in [0.15, 0.2) is 0 Å². The zero-order valence-corrected chi connectivity index (χ0v) is 20.3. The highest BCUT2D eigenvalue weighted by molar-refractivity contribution is 4.83. The van der Waals surface area contributed by atoms with Gasteiger partial charge < -0.3 is 34.6 Å². The lowest BCUT2D eigenvalue weighted by Crippen LogP contribution is -2.49. The minimum atomic E-state index is -1.39. The minimum Gasteiger partial charge on any atom is -0.394 e. The fourth-order valence-electron chi connectivity index (χ4n) is 3.84. The molecule has 192 valence electrons. The second-order valence-electron chi connectivity index (χ2n) is 9.23. The molecule has 1 rings (SSSR count). The van der Waals surface area contributed by atoms with Crippen LogP contribution in [0.3, 0.4) is 0 Å². The van der Waals surface area contributed by atoms with E-state index in [1.807, 2.05) is 0 Å². The molecular formula is C25H50O7. The average molecular weight is 463 g/mol. The summed E-state index contributed by atoms with van der Waals surface area (Å²) in [6.45, 7) is 3.05. The number of aliphatic hydroxyl groups excluding tert-OH is 4. The van der Waals surface area contributed by atoms with E-state index in [1.54, 1.807) is 0 Å².